The number of ether oxygens (including phenoxy) is 2. The van der Waals surface area contributed by atoms with Crippen LogP contribution in [0, 0.1) is 0 Å². The molecule has 11 heteroatoms. The Balaban J connectivity index is 1.41. The highest BCUT2D eigenvalue weighted by Gasteiger charge is 2.25. The van der Waals surface area contributed by atoms with Crippen LogP contribution in [0.2, 0.25) is 0 Å². The van der Waals surface area contributed by atoms with Gasteiger partial charge in [-0.1, -0.05) is 0 Å². The molecule has 3 aromatic heterocycles. The molecule has 1 fully saturated rings. The largest absolute Gasteiger partial charge is 0.480 e. The Hall–Kier alpha value is -4.09. The summed E-state index contributed by atoms with van der Waals surface area (Å²) in [5.41, 5.74) is 6.15. The molecule has 2 aromatic carbocycles. The van der Waals surface area contributed by atoms with E-state index in [-0.39, 0.29) is 5.91 Å². The molecule has 0 unspecified atom stereocenters. The first kappa shape index (κ1) is 23.3. The lowest BCUT2D eigenvalue weighted by atomic mass is 10.1. The Kier molecular flexibility index (Phi) is 6.15. The van der Waals surface area contributed by atoms with E-state index in [1.165, 1.54) is 6.33 Å². The molecule has 0 saturated carbocycles. The highest BCUT2D eigenvalue weighted by atomic mass is 32.1. The maximum Gasteiger partial charge on any atom is 0.263 e. The Bertz CT molecular complexity index is 1590. The fourth-order valence-electron chi connectivity index (χ4n) is 4.43. The quantitative estimate of drug-likeness (QED) is 0.362. The monoisotopic (exact) mass is 515 g/mol. The zero-order valence-electron chi connectivity index (χ0n) is 20.4. The van der Waals surface area contributed by atoms with Crippen molar-refractivity contribution < 1.29 is 14.3 Å². The van der Waals surface area contributed by atoms with E-state index in [0.29, 0.717) is 48.8 Å². The number of amides is 1. The highest BCUT2D eigenvalue weighted by molar-refractivity contribution is 7.16. The second kappa shape index (κ2) is 9.75. The lowest BCUT2D eigenvalue weighted by Crippen LogP contribution is -2.46. The third kappa shape index (κ3) is 4.70. The normalized spacial score (nSPS) is 14.7. The average Bonchev–Trinajstić information content (AvgIpc) is 3.57. The van der Waals surface area contributed by atoms with Gasteiger partial charge in [-0.15, -0.1) is 11.3 Å². The van der Waals surface area contributed by atoms with E-state index in [1.54, 1.807) is 34.0 Å². The average molecular weight is 516 g/mol. The molecule has 1 amide bonds. The summed E-state index contributed by atoms with van der Waals surface area (Å²) >= 11 is 1.58. The molecule has 1 atom stereocenters. The fraction of sp³-hybridized carbons (Fsp3) is 0.269. The Morgan fingerprint density at radius 2 is 1.97 bits per heavy atom. The van der Waals surface area contributed by atoms with Gasteiger partial charge in [0.1, 0.15) is 17.9 Å². The summed E-state index contributed by atoms with van der Waals surface area (Å²) in [6.45, 7) is 3.95. The maximum atomic E-state index is 13.2. The summed E-state index contributed by atoms with van der Waals surface area (Å²) < 4.78 is 14.6. The zero-order valence-corrected chi connectivity index (χ0v) is 21.2. The molecule has 5 aromatic rings. The minimum absolute atomic E-state index is 0.0785. The third-order valence-electron chi connectivity index (χ3n) is 6.31. The summed E-state index contributed by atoms with van der Waals surface area (Å²) in [6.07, 6.45) is 4.54. The fourth-order valence-corrected chi connectivity index (χ4v) is 5.15. The van der Waals surface area contributed by atoms with Gasteiger partial charge in [0.15, 0.2) is 6.10 Å². The van der Waals surface area contributed by atoms with Crippen LogP contribution in [0.4, 0.5) is 11.5 Å². The molecule has 10 nitrogen and oxygen atoms in total. The molecule has 0 spiro atoms. The molecule has 6 rings (SSSR count). The molecule has 0 bridgehead atoms. The Morgan fingerprint density at radius 1 is 1.11 bits per heavy atom. The number of nitrogens with zero attached hydrogens (tertiary/aromatic N) is 6. The molecule has 37 heavy (non-hydrogen) atoms. The standard InChI is InChI=1S/C26H25N7O3S/c1-16(26(34)33-5-7-35-8-6-33)36-22-10-17(18-12-30-32(2)13-18)9-21-24(22)25(28-14-27-21)31-19-3-4-20-23(11-19)37-15-29-20/h3-4,9-16H,5-8H2,1-2H3,(H,27,28,31)/t16-/m0/s1. The summed E-state index contributed by atoms with van der Waals surface area (Å²) in [4.78, 5) is 28.4. The van der Waals surface area contributed by atoms with Crippen molar-refractivity contribution in [3.8, 4) is 16.9 Å². The summed E-state index contributed by atoms with van der Waals surface area (Å²) in [7, 11) is 1.87. The van der Waals surface area contributed by atoms with Crippen molar-refractivity contribution >= 4 is 49.9 Å². The molecule has 0 radical (unpaired) electrons. The van der Waals surface area contributed by atoms with Gasteiger partial charge < -0.3 is 19.7 Å². The predicted molar refractivity (Wildman–Crippen MR) is 142 cm³/mol. The topological polar surface area (TPSA) is 107 Å². The number of aryl methyl sites for hydroxylation is 1. The summed E-state index contributed by atoms with van der Waals surface area (Å²) in [6, 6.07) is 9.87. The van der Waals surface area contributed by atoms with Crippen molar-refractivity contribution in [3.63, 3.8) is 0 Å². The molecule has 1 aliphatic rings. The molecule has 1 N–H and O–H groups in total. The first-order chi connectivity index (χ1) is 18.0. The van der Waals surface area contributed by atoms with Gasteiger partial charge in [-0.2, -0.15) is 5.10 Å². The van der Waals surface area contributed by atoms with Crippen molar-refractivity contribution in [1.29, 1.82) is 0 Å². The second-order valence-electron chi connectivity index (χ2n) is 8.85. The molecule has 1 saturated heterocycles. The second-order valence-corrected chi connectivity index (χ2v) is 9.74. The number of fused-ring (bicyclic) bond motifs is 2. The number of thiazole rings is 1. The summed E-state index contributed by atoms with van der Waals surface area (Å²) in [5.74, 6) is 1.03. The van der Waals surface area contributed by atoms with Gasteiger partial charge in [0.25, 0.3) is 5.91 Å². The first-order valence-corrected chi connectivity index (χ1v) is 12.8. The summed E-state index contributed by atoms with van der Waals surface area (Å²) in [5, 5.41) is 8.41. The minimum Gasteiger partial charge on any atom is -0.480 e. The van der Waals surface area contributed by atoms with Gasteiger partial charge in [0.2, 0.25) is 0 Å². The number of anilines is 2. The van der Waals surface area contributed by atoms with Gasteiger partial charge in [-0.3, -0.25) is 9.48 Å². The Morgan fingerprint density at radius 3 is 2.78 bits per heavy atom. The SMILES string of the molecule is C[C@H](Oc1cc(-c2cnn(C)c2)cc2ncnc(Nc3ccc4ncsc4c3)c12)C(=O)N1CCOCC1. The van der Waals surface area contributed by atoms with Crippen molar-refractivity contribution in [2.24, 2.45) is 7.05 Å². The molecule has 1 aliphatic heterocycles. The van der Waals surface area contributed by atoms with Crippen LogP contribution in [-0.2, 0) is 16.6 Å². The number of rotatable bonds is 6. The lowest BCUT2D eigenvalue weighted by molar-refractivity contribution is -0.142. The Labute approximate surface area is 216 Å². The third-order valence-corrected chi connectivity index (χ3v) is 7.10. The van der Waals surface area contributed by atoms with E-state index in [1.807, 2.05) is 49.1 Å². The lowest BCUT2D eigenvalue weighted by Gasteiger charge is -2.29. The van der Waals surface area contributed by atoms with Crippen LogP contribution in [-0.4, -0.2) is 67.9 Å². The number of benzene rings is 2. The van der Waals surface area contributed by atoms with Crippen LogP contribution >= 0.6 is 11.3 Å². The van der Waals surface area contributed by atoms with Crippen LogP contribution in [0.15, 0.2) is 54.6 Å². The highest BCUT2D eigenvalue weighted by Crippen LogP contribution is 2.37. The van der Waals surface area contributed by atoms with Gasteiger partial charge in [-0.25, -0.2) is 15.0 Å². The van der Waals surface area contributed by atoms with Crippen LogP contribution in [0.25, 0.3) is 32.2 Å². The number of hydrogen-bond donors (Lipinski definition) is 1. The van der Waals surface area contributed by atoms with E-state index in [9.17, 15) is 4.79 Å². The number of hydrogen-bond acceptors (Lipinski definition) is 9. The van der Waals surface area contributed by atoms with E-state index >= 15 is 0 Å². The van der Waals surface area contributed by atoms with Crippen LogP contribution in [0.5, 0.6) is 5.75 Å². The van der Waals surface area contributed by atoms with Gasteiger partial charge >= 0.3 is 0 Å². The predicted octanol–water partition coefficient (Wildman–Crippen LogP) is 4.01. The van der Waals surface area contributed by atoms with Crippen LogP contribution in [0.1, 0.15) is 6.92 Å². The molecule has 0 aliphatic carbocycles. The molecular weight excluding hydrogens is 490 g/mol. The zero-order chi connectivity index (χ0) is 25.4. The van der Waals surface area contributed by atoms with E-state index < -0.39 is 6.10 Å². The molecule has 188 valence electrons. The van der Waals surface area contributed by atoms with Crippen molar-refractivity contribution in [2.45, 2.75) is 13.0 Å². The minimum atomic E-state index is -0.702. The maximum absolute atomic E-state index is 13.2. The van der Waals surface area contributed by atoms with Crippen LogP contribution < -0.4 is 10.1 Å². The van der Waals surface area contributed by atoms with Crippen molar-refractivity contribution in [1.82, 2.24) is 29.6 Å². The number of carbonyl (C=O) groups is 1. The number of nitrogens with one attached hydrogen (secondary N) is 1. The first-order valence-electron chi connectivity index (χ1n) is 12.0. The number of aromatic nitrogens is 5. The van der Waals surface area contributed by atoms with Crippen LogP contribution in [0.3, 0.4) is 0 Å². The molecule has 4 heterocycles. The van der Waals surface area contributed by atoms with E-state index in [0.717, 1.165) is 27.0 Å². The van der Waals surface area contributed by atoms with Crippen molar-refractivity contribution in [3.05, 3.63) is 54.6 Å². The van der Waals surface area contributed by atoms with E-state index in [4.69, 9.17) is 9.47 Å². The number of carbonyl (C=O) groups excluding carboxylic acids is 1. The van der Waals surface area contributed by atoms with Gasteiger partial charge in [-0.05, 0) is 42.8 Å². The molecular formula is C26H25N7O3S. The van der Waals surface area contributed by atoms with Crippen molar-refractivity contribution in [2.75, 3.05) is 31.6 Å². The van der Waals surface area contributed by atoms with E-state index in [2.05, 4.69) is 25.4 Å². The smallest absolute Gasteiger partial charge is 0.263 e. The van der Waals surface area contributed by atoms with Gasteiger partial charge in [0.05, 0.1) is 46.0 Å². The van der Waals surface area contributed by atoms with Gasteiger partial charge in [0, 0.05) is 37.6 Å². The number of morpholine rings is 1.